The highest BCUT2D eigenvalue weighted by Gasteiger charge is 2.45. The van der Waals surface area contributed by atoms with Crippen LogP contribution >= 0.6 is 0 Å². The van der Waals surface area contributed by atoms with Crippen LogP contribution in [0.25, 0.3) is 0 Å². The number of nitrogens with two attached hydrogens (primary N) is 1. The van der Waals surface area contributed by atoms with E-state index in [1.54, 1.807) is 0 Å². The Labute approximate surface area is 67.1 Å². The molecule has 2 unspecified atom stereocenters. The average Bonchev–Trinajstić information content (AvgIpc) is 2.30. The predicted molar refractivity (Wildman–Crippen MR) is 35.1 cm³/mol. The van der Waals surface area contributed by atoms with Gasteiger partial charge in [0.1, 0.15) is 0 Å². The molecule has 0 aromatic rings. The maximum Gasteiger partial charge on any atom is 0.393 e. The Kier molecular flexibility index (Phi) is 2.27. The van der Waals surface area contributed by atoms with Gasteiger partial charge in [0.2, 0.25) is 5.91 Å². The fraction of sp³-hybridized carbons (Fsp3) is 0.833. The second-order valence-corrected chi connectivity index (χ2v) is 2.84. The summed E-state index contributed by atoms with van der Waals surface area (Å²) in [5.41, 5.74) is 4.83. The van der Waals surface area contributed by atoms with E-state index in [1.165, 1.54) is 0 Å². The fourth-order valence-corrected chi connectivity index (χ4v) is 1.20. The van der Waals surface area contributed by atoms with Crippen LogP contribution in [0.1, 0.15) is 6.42 Å². The van der Waals surface area contributed by atoms with Crippen LogP contribution in [0.15, 0.2) is 0 Å². The third-order valence-electron chi connectivity index (χ3n) is 1.94. The number of amides is 1. The Balaban J connectivity index is 2.51. The molecular formula is C6H9F3N2O. The summed E-state index contributed by atoms with van der Waals surface area (Å²) in [4.78, 5) is 10.5. The Morgan fingerprint density at radius 3 is 2.33 bits per heavy atom. The molecule has 0 radical (unpaired) electrons. The standard InChI is InChI=1S/C6H9F3N2O/c7-6(8,9)3-1-4(5(10)12)11-2-3/h3-4,11H,1-2H2,(H2,10,12). The van der Waals surface area contributed by atoms with Crippen molar-refractivity contribution in [3.8, 4) is 0 Å². The van der Waals surface area contributed by atoms with E-state index in [0.29, 0.717) is 0 Å². The smallest absolute Gasteiger partial charge is 0.368 e. The molecule has 12 heavy (non-hydrogen) atoms. The van der Waals surface area contributed by atoms with Crippen molar-refractivity contribution in [3.63, 3.8) is 0 Å². The number of rotatable bonds is 1. The lowest BCUT2D eigenvalue weighted by atomic mass is 10.1. The van der Waals surface area contributed by atoms with Crippen LogP contribution in [0.3, 0.4) is 0 Å². The van der Waals surface area contributed by atoms with E-state index in [-0.39, 0.29) is 13.0 Å². The minimum Gasteiger partial charge on any atom is -0.368 e. The number of carbonyl (C=O) groups excluding carboxylic acids is 1. The molecular weight excluding hydrogens is 173 g/mol. The first kappa shape index (κ1) is 9.31. The maximum atomic E-state index is 12.0. The molecule has 1 aliphatic rings. The van der Waals surface area contributed by atoms with Gasteiger partial charge in [-0.2, -0.15) is 13.2 Å². The van der Waals surface area contributed by atoms with E-state index in [4.69, 9.17) is 5.73 Å². The largest absolute Gasteiger partial charge is 0.393 e. The number of hydrogen-bond donors (Lipinski definition) is 2. The summed E-state index contributed by atoms with van der Waals surface area (Å²) in [5, 5.41) is 2.42. The first-order valence-corrected chi connectivity index (χ1v) is 3.50. The molecule has 0 bridgehead atoms. The van der Waals surface area contributed by atoms with Gasteiger partial charge in [-0.1, -0.05) is 0 Å². The molecule has 1 aliphatic heterocycles. The van der Waals surface area contributed by atoms with Gasteiger partial charge in [-0.3, -0.25) is 4.79 Å². The van der Waals surface area contributed by atoms with Gasteiger partial charge in [0.05, 0.1) is 12.0 Å². The lowest BCUT2D eigenvalue weighted by Gasteiger charge is -2.12. The maximum absolute atomic E-state index is 12.0. The van der Waals surface area contributed by atoms with E-state index in [2.05, 4.69) is 5.32 Å². The summed E-state index contributed by atoms with van der Waals surface area (Å²) in [6.45, 7) is -0.211. The van der Waals surface area contributed by atoms with E-state index < -0.39 is 24.0 Å². The van der Waals surface area contributed by atoms with Crippen molar-refractivity contribution in [2.24, 2.45) is 11.7 Å². The molecule has 0 aromatic heterocycles. The highest BCUT2D eigenvalue weighted by molar-refractivity contribution is 5.80. The fourth-order valence-electron chi connectivity index (χ4n) is 1.20. The van der Waals surface area contributed by atoms with Gasteiger partial charge in [-0.05, 0) is 6.42 Å². The lowest BCUT2D eigenvalue weighted by molar-refractivity contribution is -0.169. The van der Waals surface area contributed by atoms with Crippen molar-refractivity contribution in [2.45, 2.75) is 18.6 Å². The molecule has 1 amide bonds. The molecule has 6 heteroatoms. The molecule has 1 fully saturated rings. The number of halogens is 3. The van der Waals surface area contributed by atoms with Crippen LogP contribution in [-0.4, -0.2) is 24.7 Å². The average molecular weight is 182 g/mol. The minimum absolute atomic E-state index is 0.211. The number of nitrogens with one attached hydrogen (secondary N) is 1. The van der Waals surface area contributed by atoms with E-state index in [9.17, 15) is 18.0 Å². The summed E-state index contributed by atoms with van der Waals surface area (Å²) in [6, 6.07) is -0.823. The number of primary amides is 1. The van der Waals surface area contributed by atoms with E-state index in [0.717, 1.165) is 0 Å². The molecule has 1 rings (SSSR count). The molecule has 2 atom stereocenters. The summed E-state index contributed by atoms with van der Waals surface area (Å²) < 4.78 is 36.0. The van der Waals surface area contributed by atoms with Crippen molar-refractivity contribution in [2.75, 3.05) is 6.54 Å². The van der Waals surface area contributed by atoms with Crippen molar-refractivity contribution in [1.29, 1.82) is 0 Å². The third kappa shape index (κ3) is 1.88. The molecule has 3 N–H and O–H groups in total. The zero-order valence-electron chi connectivity index (χ0n) is 6.19. The monoisotopic (exact) mass is 182 g/mol. The van der Waals surface area contributed by atoms with Crippen LogP contribution in [0.5, 0.6) is 0 Å². The Morgan fingerprint density at radius 2 is 2.08 bits per heavy atom. The molecule has 0 aromatic carbocycles. The molecule has 3 nitrogen and oxygen atoms in total. The number of alkyl halides is 3. The Morgan fingerprint density at radius 1 is 1.50 bits per heavy atom. The second kappa shape index (κ2) is 2.93. The van der Waals surface area contributed by atoms with Crippen LogP contribution < -0.4 is 11.1 Å². The Bertz CT molecular complexity index is 192. The summed E-state index contributed by atoms with van der Waals surface area (Å²) in [7, 11) is 0. The molecule has 0 saturated carbocycles. The number of carbonyl (C=O) groups is 1. The SMILES string of the molecule is NC(=O)C1CC(C(F)(F)F)CN1. The summed E-state index contributed by atoms with van der Waals surface area (Å²) in [6.07, 6.45) is -4.46. The topological polar surface area (TPSA) is 55.1 Å². The highest BCUT2D eigenvalue weighted by atomic mass is 19.4. The van der Waals surface area contributed by atoms with Gasteiger partial charge in [0, 0.05) is 6.54 Å². The molecule has 0 aliphatic carbocycles. The van der Waals surface area contributed by atoms with Crippen molar-refractivity contribution in [1.82, 2.24) is 5.32 Å². The van der Waals surface area contributed by atoms with Gasteiger partial charge in [-0.25, -0.2) is 0 Å². The summed E-state index contributed by atoms with van der Waals surface area (Å²) in [5.74, 6) is -2.16. The minimum atomic E-state index is -4.22. The third-order valence-corrected chi connectivity index (χ3v) is 1.94. The van der Waals surface area contributed by atoms with E-state index >= 15 is 0 Å². The normalized spacial score (nSPS) is 30.6. The highest BCUT2D eigenvalue weighted by Crippen LogP contribution is 2.32. The van der Waals surface area contributed by atoms with Crippen molar-refractivity contribution >= 4 is 5.91 Å². The first-order chi connectivity index (χ1) is 5.41. The number of hydrogen-bond acceptors (Lipinski definition) is 2. The molecule has 70 valence electrons. The van der Waals surface area contributed by atoms with Crippen LogP contribution in [0.2, 0.25) is 0 Å². The van der Waals surface area contributed by atoms with Crippen LogP contribution in [-0.2, 0) is 4.79 Å². The van der Waals surface area contributed by atoms with Gasteiger partial charge < -0.3 is 11.1 Å². The summed E-state index contributed by atoms with van der Waals surface area (Å²) >= 11 is 0. The van der Waals surface area contributed by atoms with E-state index in [1.807, 2.05) is 0 Å². The quantitative estimate of drug-likeness (QED) is 0.600. The lowest BCUT2D eigenvalue weighted by Crippen LogP contribution is -2.36. The zero-order valence-corrected chi connectivity index (χ0v) is 6.19. The van der Waals surface area contributed by atoms with Gasteiger partial charge in [-0.15, -0.1) is 0 Å². The Hall–Kier alpha value is -0.780. The molecule has 0 spiro atoms. The molecule has 1 saturated heterocycles. The van der Waals surface area contributed by atoms with Gasteiger partial charge in [0.15, 0.2) is 0 Å². The molecule has 1 heterocycles. The first-order valence-electron chi connectivity index (χ1n) is 3.50. The predicted octanol–water partition coefficient (Wildman–Crippen LogP) is 0.0121. The van der Waals surface area contributed by atoms with Crippen LogP contribution in [0.4, 0.5) is 13.2 Å². The zero-order chi connectivity index (χ0) is 9.35. The van der Waals surface area contributed by atoms with Crippen LogP contribution in [0, 0.1) is 5.92 Å². The van der Waals surface area contributed by atoms with Gasteiger partial charge >= 0.3 is 6.18 Å². The van der Waals surface area contributed by atoms with Crippen molar-refractivity contribution in [3.05, 3.63) is 0 Å². The second-order valence-electron chi connectivity index (χ2n) is 2.84. The van der Waals surface area contributed by atoms with Crippen molar-refractivity contribution < 1.29 is 18.0 Å². The van der Waals surface area contributed by atoms with Gasteiger partial charge in [0.25, 0.3) is 0 Å².